The first-order valence-corrected chi connectivity index (χ1v) is 17.8. The predicted molar refractivity (Wildman–Crippen MR) is 212 cm³/mol. The van der Waals surface area contributed by atoms with Crippen LogP contribution in [0.2, 0.25) is 0 Å². The van der Waals surface area contributed by atoms with Gasteiger partial charge in [0.05, 0.1) is 0 Å². The van der Waals surface area contributed by atoms with E-state index in [4.69, 9.17) is 15.1 Å². The Labute approximate surface area is 298 Å². The van der Waals surface area contributed by atoms with Gasteiger partial charge in [-0.2, -0.15) is 0 Å². The zero-order valence-corrected chi connectivity index (χ0v) is 28.4. The summed E-state index contributed by atoms with van der Waals surface area (Å²) in [6, 6.07) is 53.2. The lowest BCUT2D eigenvalue weighted by Crippen LogP contribution is -2.24. The van der Waals surface area contributed by atoms with Crippen molar-refractivity contribution in [1.82, 2.24) is 5.32 Å². The second-order valence-corrected chi connectivity index (χ2v) is 13.8. The number of fused-ring (bicyclic) bond motifs is 6. The monoisotopic (exact) mass is 679 g/mol. The minimum atomic E-state index is -0.477. The van der Waals surface area contributed by atoms with Crippen LogP contribution in [0.5, 0.6) is 5.75 Å². The molecule has 0 aliphatic carbocycles. The quantitative estimate of drug-likeness (QED) is 0.110. The number of furan rings is 1. The van der Waals surface area contributed by atoms with Crippen molar-refractivity contribution in [2.75, 3.05) is 0 Å². The van der Waals surface area contributed by atoms with E-state index in [0.717, 1.165) is 60.9 Å². The minimum Gasteiger partial charge on any atom is -0.507 e. The summed E-state index contributed by atoms with van der Waals surface area (Å²) in [5.74, 6) is 0.700. The van der Waals surface area contributed by atoms with Crippen molar-refractivity contribution in [2.45, 2.75) is 12.7 Å². The molecule has 9 aromatic rings. The fraction of sp³-hybridized carbons (Fsp3) is 0.0444. The SMILES string of the molecule is N/C(=N\C(NCc1ccc2sc3ccccc3c2c1)c1cccc2c1oc1ccc(-c3ccc(O)c(-c4ccccc4)c3)cc12)c1ccccc1. The zero-order chi connectivity index (χ0) is 34.3. The van der Waals surface area contributed by atoms with Crippen molar-refractivity contribution in [2.24, 2.45) is 10.7 Å². The highest BCUT2D eigenvalue weighted by Gasteiger charge is 2.20. The molecule has 0 amide bonds. The second kappa shape index (κ2) is 12.9. The fourth-order valence-electron chi connectivity index (χ4n) is 6.93. The molecule has 2 aromatic heterocycles. The van der Waals surface area contributed by atoms with E-state index in [1.54, 1.807) is 6.07 Å². The summed E-state index contributed by atoms with van der Waals surface area (Å²) in [5.41, 5.74) is 14.9. The molecule has 6 heteroatoms. The molecular formula is C45H33N3O2S. The molecule has 0 spiro atoms. The van der Waals surface area contributed by atoms with Gasteiger partial charge in [-0.1, -0.05) is 115 Å². The maximum Gasteiger partial charge on any atom is 0.142 e. The number of thiophene rings is 1. The van der Waals surface area contributed by atoms with Crippen LogP contribution in [0.4, 0.5) is 0 Å². The number of aromatic hydroxyl groups is 1. The van der Waals surface area contributed by atoms with Crippen LogP contribution in [-0.2, 0) is 6.54 Å². The van der Waals surface area contributed by atoms with Gasteiger partial charge in [-0.25, -0.2) is 4.99 Å². The minimum absolute atomic E-state index is 0.252. The lowest BCUT2D eigenvalue weighted by atomic mass is 9.97. The summed E-state index contributed by atoms with van der Waals surface area (Å²) in [6.45, 7) is 0.585. The summed E-state index contributed by atoms with van der Waals surface area (Å²) in [5, 5.41) is 18.9. The Hall–Kier alpha value is -6.21. The molecule has 0 saturated carbocycles. The number of aliphatic imine (C=N–C) groups is 1. The van der Waals surface area contributed by atoms with E-state index in [0.29, 0.717) is 12.4 Å². The van der Waals surface area contributed by atoms with E-state index in [1.807, 2.05) is 90.2 Å². The van der Waals surface area contributed by atoms with Gasteiger partial charge in [-0.05, 0) is 64.7 Å². The second-order valence-electron chi connectivity index (χ2n) is 12.7. The third kappa shape index (κ3) is 5.80. The molecule has 0 aliphatic heterocycles. The number of amidine groups is 1. The Morgan fingerprint density at radius 2 is 1.37 bits per heavy atom. The largest absolute Gasteiger partial charge is 0.507 e. The number of hydrogen-bond donors (Lipinski definition) is 3. The van der Waals surface area contributed by atoms with E-state index in [-0.39, 0.29) is 5.75 Å². The average Bonchev–Trinajstić information content (AvgIpc) is 3.75. The number of phenols is 1. The maximum atomic E-state index is 10.7. The molecule has 9 rings (SSSR count). The topological polar surface area (TPSA) is 83.8 Å². The van der Waals surface area contributed by atoms with Crippen LogP contribution in [-0.4, -0.2) is 10.9 Å². The molecule has 51 heavy (non-hydrogen) atoms. The molecule has 0 fully saturated rings. The normalized spacial score (nSPS) is 12.7. The number of nitrogens with two attached hydrogens (primary N) is 1. The lowest BCUT2D eigenvalue weighted by molar-refractivity contribution is 0.477. The van der Waals surface area contributed by atoms with Gasteiger partial charge in [0.2, 0.25) is 0 Å². The molecular weight excluding hydrogens is 647 g/mol. The highest BCUT2D eigenvalue weighted by atomic mass is 32.1. The van der Waals surface area contributed by atoms with Crippen molar-refractivity contribution in [1.29, 1.82) is 0 Å². The Kier molecular flexibility index (Phi) is 7.81. The Morgan fingerprint density at radius 1 is 0.647 bits per heavy atom. The highest BCUT2D eigenvalue weighted by molar-refractivity contribution is 7.25. The van der Waals surface area contributed by atoms with Crippen LogP contribution in [0.15, 0.2) is 167 Å². The summed E-state index contributed by atoms with van der Waals surface area (Å²) in [4.78, 5) is 5.07. The number of hydrogen-bond acceptors (Lipinski definition) is 5. The van der Waals surface area contributed by atoms with Crippen molar-refractivity contribution in [3.05, 3.63) is 174 Å². The zero-order valence-electron chi connectivity index (χ0n) is 27.6. The van der Waals surface area contributed by atoms with Crippen molar-refractivity contribution >= 4 is 59.3 Å². The molecule has 4 N–H and O–H groups in total. The number of nitrogens with zero attached hydrogens (tertiary/aromatic N) is 1. The van der Waals surface area contributed by atoms with Gasteiger partial charge in [0, 0.05) is 54.2 Å². The molecule has 2 heterocycles. The van der Waals surface area contributed by atoms with Crippen molar-refractivity contribution in [3.8, 4) is 28.0 Å². The van der Waals surface area contributed by atoms with Gasteiger partial charge in [0.1, 0.15) is 28.9 Å². The van der Waals surface area contributed by atoms with Gasteiger partial charge in [-0.3, -0.25) is 5.32 Å². The molecule has 7 aromatic carbocycles. The van der Waals surface area contributed by atoms with Crippen LogP contribution < -0.4 is 11.1 Å². The molecule has 5 nitrogen and oxygen atoms in total. The average molecular weight is 680 g/mol. The smallest absolute Gasteiger partial charge is 0.142 e. The molecule has 1 atom stereocenters. The molecule has 0 bridgehead atoms. The summed E-state index contributed by atoms with van der Waals surface area (Å²) < 4.78 is 9.18. The van der Waals surface area contributed by atoms with E-state index < -0.39 is 6.17 Å². The third-order valence-corrected chi connectivity index (χ3v) is 10.7. The van der Waals surface area contributed by atoms with Crippen LogP contribution in [0.3, 0.4) is 0 Å². The van der Waals surface area contributed by atoms with Gasteiger partial charge in [0.25, 0.3) is 0 Å². The van der Waals surface area contributed by atoms with Gasteiger partial charge in [-0.15, -0.1) is 11.3 Å². The van der Waals surface area contributed by atoms with Crippen LogP contribution in [0.25, 0.3) is 64.4 Å². The van der Waals surface area contributed by atoms with Crippen LogP contribution in [0.1, 0.15) is 22.9 Å². The third-order valence-electron chi connectivity index (χ3n) is 9.51. The first kappa shape index (κ1) is 30.8. The molecule has 246 valence electrons. The number of nitrogens with one attached hydrogen (secondary N) is 1. The number of phenolic OH excluding ortho intramolecular Hbond substituents is 1. The molecule has 0 aliphatic rings. The Morgan fingerprint density at radius 3 is 2.24 bits per heavy atom. The van der Waals surface area contributed by atoms with E-state index in [1.165, 1.54) is 20.2 Å². The van der Waals surface area contributed by atoms with Gasteiger partial charge in [0.15, 0.2) is 0 Å². The molecule has 0 radical (unpaired) electrons. The lowest BCUT2D eigenvalue weighted by Gasteiger charge is -2.17. The molecule has 0 saturated heterocycles. The van der Waals surface area contributed by atoms with Crippen LogP contribution in [0, 0.1) is 0 Å². The predicted octanol–water partition coefficient (Wildman–Crippen LogP) is 11.2. The summed E-state index contributed by atoms with van der Waals surface area (Å²) >= 11 is 1.82. The first-order valence-electron chi connectivity index (χ1n) is 17.0. The Bertz CT molecular complexity index is 2730. The number of rotatable bonds is 8. The van der Waals surface area contributed by atoms with Crippen LogP contribution >= 0.6 is 11.3 Å². The van der Waals surface area contributed by atoms with E-state index in [9.17, 15) is 5.11 Å². The molecule has 1 unspecified atom stereocenters. The summed E-state index contributed by atoms with van der Waals surface area (Å²) in [6.07, 6.45) is -0.477. The van der Waals surface area contributed by atoms with Gasteiger partial charge >= 0.3 is 0 Å². The van der Waals surface area contributed by atoms with E-state index in [2.05, 4.69) is 78.1 Å². The fourth-order valence-corrected chi connectivity index (χ4v) is 8.01. The van der Waals surface area contributed by atoms with E-state index >= 15 is 0 Å². The standard InChI is InChI=1S/C45H33N3O2S/c46-44(30-12-5-2-6-13-30)48-45(47-27-28-18-23-42-38(24-28)33-14-7-8-17-41(33)51-42)35-16-9-15-34-37-26-32(20-22-40(37)50-43(34)35)31-19-21-39(49)36(25-31)29-10-3-1-4-11-29/h1-26,45,47,49H,27H2,(H2,46,48). The Balaban J connectivity index is 1.11. The maximum absolute atomic E-state index is 10.7. The number of benzene rings is 7. The number of para-hydroxylation sites is 1. The highest BCUT2D eigenvalue weighted by Crippen LogP contribution is 2.39. The van der Waals surface area contributed by atoms with Gasteiger partial charge < -0.3 is 15.3 Å². The summed E-state index contributed by atoms with van der Waals surface area (Å²) in [7, 11) is 0. The first-order chi connectivity index (χ1) is 25.1. The van der Waals surface area contributed by atoms with Crippen molar-refractivity contribution in [3.63, 3.8) is 0 Å². The van der Waals surface area contributed by atoms with Crippen molar-refractivity contribution < 1.29 is 9.52 Å².